The molecule has 0 spiro atoms. The molecule has 2 nitrogen and oxygen atoms in total. The molecule has 5 heteroatoms. The Hall–Kier alpha value is -0.970. The maximum atomic E-state index is 13.4. The second-order valence-electron chi connectivity index (χ2n) is 4.65. The summed E-state index contributed by atoms with van der Waals surface area (Å²) in [4.78, 5) is 11.9. The summed E-state index contributed by atoms with van der Waals surface area (Å²) in [5.74, 6) is -1.91. The molecule has 0 saturated carbocycles. The van der Waals surface area contributed by atoms with E-state index in [2.05, 4.69) is 21.2 Å². The average Bonchev–Trinajstić information content (AvgIpc) is 2.43. The van der Waals surface area contributed by atoms with Gasteiger partial charge in [0.05, 0.1) is 5.56 Å². The number of carbonyl (C=O) groups is 1. The minimum Gasteiger partial charge on any atom is -0.351 e. The fourth-order valence-corrected chi connectivity index (χ4v) is 2.76. The van der Waals surface area contributed by atoms with E-state index in [1.165, 1.54) is 0 Å². The summed E-state index contributed by atoms with van der Waals surface area (Å²) in [6.45, 7) is 4.51. The Morgan fingerprint density at radius 3 is 2.47 bits per heavy atom. The highest BCUT2D eigenvalue weighted by Crippen LogP contribution is 2.27. The van der Waals surface area contributed by atoms with Gasteiger partial charge in [0.1, 0.15) is 11.6 Å². The molecule has 0 fully saturated rings. The monoisotopic (exact) mass is 333 g/mol. The molecule has 0 aliphatic heterocycles. The van der Waals surface area contributed by atoms with Gasteiger partial charge in [-0.05, 0) is 36.5 Å². The summed E-state index contributed by atoms with van der Waals surface area (Å²) in [6, 6.07) is 2.87. The Morgan fingerprint density at radius 2 is 1.95 bits per heavy atom. The lowest BCUT2D eigenvalue weighted by Gasteiger charge is -2.29. The zero-order valence-corrected chi connectivity index (χ0v) is 12.7. The highest BCUT2D eigenvalue weighted by molar-refractivity contribution is 9.09. The van der Waals surface area contributed by atoms with Crippen molar-refractivity contribution in [3.8, 4) is 0 Å². The summed E-state index contributed by atoms with van der Waals surface area (Å²) >= 11 is 3.44. The Morgan fingerprint density at radius 1 is 1.32 bits per heavy atom. The molecule has 1 amide bonds. The highest BCUT2D eigenvalue weighted by atomic mass is 79.9. The predicted molar refractivity (Wildman–Crippen MR) is 75.5 cm³/mol. The van der Waals surface area contributed by atoms with Crippen LogP contribution in [0.4, 0.5) is 8.78 Å². The summed E-state index contributed by atoms with van der Waals surface area (Å²) in [5, 5.41) is 3.43. The quantitative estimate of drug-likeness (QED) is 0.786. The van der Waals surface area contributed by atoms with Gasteiger partial charge in [-0.2, -0.15) is 0 Å². The minimum absolute atomic E-state index is 0.0561. The van der Waals surface area contributed by atoms with Crippen LogP contribution in [0.15, 0.2) is 18.2 Å². The van der Waals surface area contributed by atoms with Crippen molar-refractivity contribution in [1.29, 1.82) is 0 Å². The first-order chi connectivity index (χ1) is 8.98. The van der Waals surface area contributed by atoms with E-state index in [-0.39, 0.29) is 11.0 Å². The Bertz CT molecular complexity index is 439. The molecule has 1 N–H and O–H groups in total. The van der Waals surface area contributed by atoms with Crippen LogP contribution in [0, 0.1) is 17.0 Å². The number of halogens is 3. The normalized spacial score (nSPS) is 11.4. The van der Waals surface area contributed by atoms with E-state index in [0.29, 0.717) is 6.54 Å². The van der Waals surface area contributed by atoms with E-state index in [9.17, 15) is 13.6 Å². The lowest BCUT2D eigenvalue weighted by Crippen LogP contribution is -2.38. The molecule has 0 aromatic heterocycles. The van der Waals surface area contributed by atoms with E-state index in [1.54, 1.807) is 0 Å². The molecule has 0 bridgehead atoms. The molecule has 0 aliphatic carbocycles. The van der Waals surface area contributed by atoms with Gasteiger partial charge in [0.2, 0.25) is 0 Å². The third-order valence-corrected chi connectivity index (χ3v) is 4.77. The van der Waals surface area contributed by atoms with Gasteiger partial charge >= 0.3 is 0 Å². The fraction of sp³-hybridized carbons (Fsp3) is 0.500. The van der Waals surface area contributed by atoms with Crippen LogP contribution in [0.5, 0.6) is 0 Å². The molecule has 1 rings (SSSR count). The second-order valence-corrected chi connectivity index (χ2v) is 5.21. The van der Waals surface area contributed by atoms with Gasteiger partial charge in [-0.3, -0.25) is 4.79 Å². The molecule has 0 atom stereocenters. The van der Waals surface area contributed by atoms with E-state index < -0.39 is 17.5 Å². The molecule has 0 unspecified atom stereocenters. The number of nitrogens with one attached hydrogen (secondary N) is 1. The largest absolute Gasteiger partial charge is 0.351 e. The molecule has 19 heavy (non-hydrogen) atoms. The van der Waals surface area contributed by atoms with E-state index in [1.807, 2.05) is 13.8 Å². The van der Waals surface area contributed by atoms with Crippen LogP contribution in [0.1, 0.15) is 37.0 Å². The fourth-order valence-electron chi connectivity index (χ4n) is 1.77. The van der Waals surface area contributed by atoms with Crippen molar-refractivity contribution in [2.24, 2.45) is 5.41 Å². The van der Waals surface area contributed by atoms with Crippen LogP contribution < -0.4 is 5.32 Å². The minimum atomic E-state index is -0.712. The standard InChI is InChI=1S/C14H18BrF2NO/c1-3-14(4-2,8-15)9-18-13(19)11-7-10(16)5-6-12(11)17/h5-7H,3-4,8-9H2,1-2H3,(H,18,19). The lowest BCUT2D eigenvalue weighted by atomic mass is 9.84. The first kappa shape index (κ1) is 16.1. The zero-order valence-electron chi connectivity index (χ0n) is 11.1. The SMILES string of the molecule is CCC(CC)(CBr)CNC(=O)c1cc(F)ccc1F. The summed E-state index contributed by atoms with van der Waals surface area (Å²) in [7, 11) is 0. The van der Waals surface area contributed by atoms with Crippen LogP contribution in [0.3, 0.4) is 0 Å². The number of benzene rings is 1. The Labute approximate surface area is 120 Å². The predicted octanol–water partition coefficient (Wildman–Crippen LogP) is 3.90. The van der Waals surface area contributed by atoms with Crippen LogP contribution in [-0.2, 0) is 0 Å². The Kier molecular flexibility index (Phi) is 5.91. The van der Waals surface area contributed by atoms with Crippen LogP contribution >= 0.6 is 15.9 Å². The molecule has 0 aliphatic rings. The smallest absolute Gasteiger partial charge is 0.254 e. The maximum absolute atomic E-state index is 13.4. The molecule has 1 aromatic carbocycles. The van der Waals surface area contributed by atoms with Crippen LogP contribution in [0.25, 0.3) is 0 Å². The third-order valence-electron chi connectivity index (χ3n) is 3.58. The van der Waals surface area contributed by atoms with E-state index >= 15 is 0 Å². The van der Waals surface area contributed by atoms with E-state index in [0.717, 1.165) is 36.4 Å². The van der Waals surface area contributed by atoms with Gasteiger partial charge in [0, 0.05) is 11.9 Å². The number of rotatable bonds is 6. The molecule has 1 aromatic rings. The summed E-state index contributed by atoms with van der Waals surface area (Å²) in [5.41, 5.74) is -0.310. The molecular weight excluding hydrogens is 316 g/mol. The molecule has 0 saturated heterocycles. The summed E-state index contributed by atoms with van der Waals surface area (Å²) < 4.78 is 26.5. The topological polar surface area (TPSA) is 29.1 Å². The molecule has 0 radical (unpaired) electrons. The van der Waals surface area contributed by atoms with Crippen molar-refractivity contribution in [3.63, 3.8) is 0 Å². The lowest BCUT2D eigenvalue weighted by molar-refractivity contribution is 0.0928. The summed E-state index contributed by atoms with van der Waals surface area (Å²) in [6.07, 6.45) is 1.78. The van der Waals surface area contributed by atoms with Crippen molar-refractivity contribution in [2.45, 2.75) is 26.7 Å². The third kappa shape index (κ3) is 4.00. The Balaban J connectivity index is 2.77. The van der Waals surface area contributed by atoms with Crippen molar-refractivity contribution in [1.82, 2.24) is 5.32 Å². The highest BCUT2D eigenvalue weighted by Gasteiger charge is 2.26. The molecule has 106 valence electrons. The van der Waals surface area contributed by atoms with Gasteiger partial charge in [0.15, 0.2) is 0 Å². The molecular formula is C14H18BrF2NO. The first-order valence-electron chi connectivity index (χ1n) is 6.27. The van der Waals surface area contributed by atoms with Crippen molar-refractivity contribution in [2.75, 3.05) is 11.9 Å². The van der Waals surface area contributed by atoms with Gasteiger partial charge < -0.3 is 5.32 Å². The maximum Gasteiger partial charge on any atom is 0.254 e. The first-order valence-corrected chi connectivity index (χ1v) is 7.39. The van der Waals surface area contributed by atoms with Crippen LogP contribution in [0.2, 0.25) is 0 Å². The van der Waals surface area contributed by atoms with Crippen molar-refractivity contribution >= 4 is 21.8 Å². The average molecular weight is 334 g/mol. The second kappa shape index (κ2) is 6.98. The number of amides is 1. The van der Waals surface area contributed by atoms with Gasteiger partial charge in [-0.25, -0.2) is 8.78 Å². The van der Waals surface area contributed by atoms with E-state index in [4.69, 9.17) is 0 Å². The number of alkyl halides is 1. The zero-order chi connectivity index (χ0) is 14.5. The van der Waals surface area contributed by atoms with Gasteiger partial charge in [-0.15, -0.1) is 0 Å². The van der Waals surface area contributed by atoms with Crippen LogP contribution in [-0.4, -0.2) is 17.8 Å². The van der Waals surface area contributed by atoms with Gasteiger partial charge in [-0.1, -0.05) is 29.8 Å². The number of hydrogen-bond donors (Lipinski definition) is 1. The number of carbonyl (C=O) groups excluding carboxylic acids is 1. The molecule has 0 heterocycles. The van der Waals surface area contributed by atoms with Crippen molar-refractivity contribution in [3.05, 3.63) is 35.4 Å². The van der Waals surface area contributed by atoms with Gasteiger partial charge in [0.25, 0.3) is 5.91 Å². The number of hydrogen-bond acceptors (Lipinski definition) is 1. The van der Waals surface area contributed by atoms with Crippen molar-refractivity contribution < 1.29 is 13.6 Å².